The van der Waals surface area contributed by atoms with E-state index in [9.17, 15) is 18.8 Å². The van der Waals surface area contributed by atoms with Gasteiger partial charge in [0.1, 0.15) is 12.5 Å². The molecule has 1 aromatic carbocycles. The maximum absolute atomic E-state index is 13.7. The van der Waals surface area contributed by atoms with Crippen molar-refractivity contribution in [1.82, 2.24) is 20.5 Å². The molecule has 8 nitrogen and oxygen atoms in total. The molecule has 0 radical (unpaired) electrons. The first kappa shape index (κ1) is 20.8. The summed E-state index contributed by atoms with van der Waals surface area (Å²) in [4.78, 5) is 44.9. The van der Waals surface area contributed by atoms with Gasteiger partial charge in [0.05, 0.1) is 0 Å². The van der Waals surface area contributed by atoms with Crippen molar-refractivity contribution in [1.29, 1.82) is 0 Å². The summed E-state index contributed by atoms with van der Waals surface area (Å²) in [6, 6.07) is 7.50. The lowest BCUT2D eigenvalue weighted by atomic mass is 9.90. The van der Waals surface area contributed by atoms with Crippen LogP contribution in [-0.2, 0) is 10.3 Å². The topological polar surface area (TPSA) is 94.6 Å². The molecule has 2 aromatic rings. The number of hydrogen-bond donors (Lipinski definition) is 2. The number of hydrogen-bond acceptors (Lipinski definition) is 5. The average molecular weight is 425 g/mol. The fourth-order valence-electron chi connectivity index (χ4n) is 4.11. The molecule has 0 unspecified atom stereocenters. The van der Waals surface area contributed by atoms with Crippen molar-refractivity contribution < 1.29 is 18.8 Å². The van der Waals surface area contributed by atoms with Crippen LogP contribution >= 0.6 is 0 Å². The molecule has 2 aliphatic rings. The van der Waals surface area contributed by atoms with Gasteiger partial charge in [-0.15, -0.1) is 0 Å². The van der Waals surface area contributed by atoms with E-state index in [1.807, 2.05) is 20.0 Å². The molecule has 9 heteroatoms. The Bertz CT molecular complexity index is 1030. The van der Waals surface area contributed by atoms with Gasteiger partial charge in [0.15, 0.2) is 5.54 Å². The highest BCUT2D eigenvalue weighted by atomic mass is 19.1. The Hall–Kier alpha value is -3.49. The van der Waals surface area contributed by atoms with Crippen LogP contribution in [0.4, 0.5) is 15.0 Å². The van der Waals surface area contributed by atoms with E-state index in [1.54, 1.807) is 17.0 Å². The number of piperazine rings is 1. The second kappa shape index (κ2) is 7.98. The van der Waals surface area contributed by atoms with Crippen molar-refractivity contribution in [2.24, 2.45) is 0 Å². The highest BCUT2D eigenvalue weighted by molar-refractivity contribution is 6.07. The number of carbonyl (C=O) groups is 3. The number of rotatable bonds is 4. The number of nitrogens with one attached hydrogen (secondary N) is 2. The number of urea groups is 1. The van der Waals surface area contributed by atoms with Gasteiger partial charge in [-0.25, -0.2) is 14.2 Å². The maximum Gasteiger partial charge on any atom is 0.322 e. The highest BCUT2D eigenvalue weighted by Gasteiger charge is 2.48. The van der Waals surface area contributed by atoms with Crippen molar-refractivity contribution in [2.75, 3.05) is 37.8 Å². The monoisotopic (exact) mass is 425 g/mol. The number of alkyl halides is 1. The van der Waals surface area contributed by atoms with Gasteiger partial charge in [-0.2, -0.15) is 0 Å². The van der Waals surface area contributed by atoms with Gasteiger partial charge in [-0.05, 0) is 42.7 Å². The summed E-state index contributed by atoms with van der Waals surface area (Å²) >= 11 is 0. The van der Waals surface area contributed by atoms with E-state index in [0.717, 1.165) is 16.9 Å². The molecule has 1 atom stereocenters. The number of anilines is 1. The smallest absolute Gasteiger partial charge is 0.322 e. The van der Waals surface area contributed by atoms with Crippen LogP contribution in [0.15, 0.2) is 36.5 Å². The number of imide groups is 1. The molecule has 4 amide bonds. The van der Waals surface area contributed by atoms with E-state index in [0.29, 0.717) is 37.3 Å². The number of amides is 4. The van der Waals surface area contributed by atoms with E-state index >= 15 is 0 Å². The van der Waals surface area contributed by atoms with E-state index in [1.165, 1.54) is 12.1 Å². The molecular weight excluding hydrogens is 401 g/mol. The molecule has 0 spiro atoms. The fourth-order valence-corrected chi connectivity index (χ4v) is 4.11. The van der Waals surface area contributed by atoms with Crippen LogP contribution in [0, 0.1) is 13.8 Å². The second-order valence-corrected chi connectivity index (χ2v) is 7.96. The lowest BCUT2D eigenvalue weighted by molar-refractivity contribution is -0.124. The van der Waals surface area contributed by atoms with Crippen molar-refractivity contribution in [3.05, 3.63) is 58.8 Å². The lowest BCUT2D eigenvalue weighted by Gasteiger charge is -2.36. The lowest BCUT2D eigenvalue weighted by Crippen LogP contribution is -2.49. The van der Waals surface area contributed by atoms with Gasteiger partial charge >= 0.3 is 6.03 Å². The standard InChI is InChI=1S/C22H24FN5O3/c1-14-11-15(2)18(24-12-14)27-7-9-28(10-8-27)19(29)16-3-5-17(6-4-16)22(13-23)20(30)25-21(31)26-22/h3-6,11-12H,7-10,13H2,1-2H3,(H2,25,26,30,31)/t22-/m1/s1. The summed E-state index contributed by atoms with van der Waals surface area (Å²) in [5, 5.41) is 4.40. The third-order valence-electron chi connectivity index (χ3n) is 5.82. The third-order valence-corrected chi connectivity index (χ3v) is 5.82. The van der Waals surface area contributed by atoms with Crippen LogP contribution in [0.2, 0.25) is 0 Å². The number of aromatic nitrogens is 1. The molecule has 31 heavy (non-hydrogen) atoms. The molecule has 2 fully saturated rings. The molecule has 0 saturated carbocycles. The van der Waals surface area contributed by atoms with Crippen LogP contribution in [0.1, 0.15) is 27.0 Å². The van der Waals surface area contributed by atoms with Crippen LogP contribution in [-0.4, -0.2) is 60.6 Å². The Labute approximate surface area is 179 Å². The number of nitrogens with zero attached hydrogens (tertiary/aromatic N) is 3. The molecule has 2 N–H and O–H groups in total. The molecule has 2 saturated heterocycles. The summed E-state index contributed by atoms with van der Waals surface area (Å²) < 4.78 is 13.7. The Kier molecular flexibility index (Phi) is 5.34. The number of benzene rings is 1. The maximum atomic E-state index is 13.7. The first-order valence-electron chi connectivity index (χ1n) is 10.1. The van der Waals surface area contributed by atoms with Crippen molar-refractivity contribution in [3.8, 4) is 0 Å². The first-order valence-corrected chi connectivity index (χ1v) is 10.1. The Morgan fingerprint density at radius 1 is 1.13 bits per heavy atom. The third kappa shape index (κ3) is 3.71. The zero-order valence-electron chi connectivity index (χ0n) is 17.4. The van der Waals surface area contributed by atoms with Gasteiger partial charge in [0.2, 0.25) is 0 Å². The minimum absolute atomic E-state index is 0.131. The number of aryl methyl sites for hydroxylation is 2. The predicted octanol–water partition coefficient (Wildman–Crippen LogP) is 1.67. The minimum atomic E-state index is -1.75. The van der Waals surface area contributed by atoms with Crippen LogP contribution in [0.25, 0.3) is 0 Å². The quantitative estimate of drug-likeness (QED) is 0.727. The molecule has 0 aliphatic carbocycles. The SMILES string of the molecule is Cc1cnc(N2CCN(C(=O)c3ccc([C@@]4(CF)NC(=O)NC4=O)cc3)CC2)c(C)c1. The summed E-state index contributed by atoms with van der Waals surface area (Å²) in [6.07, 6.45) is 1.85. The van der Waals surface area contributed by atoms with Gasteiger partial charge in [-0.3, -0.25) is 14.9 Å². The Morgan fingerprint density at radius 3 is 2.35 bits per heavy atom. The summed E-state index contributed by atoms with van der Waals surface area (Å²) in [5.74, 6) is 0.0691. The Morgan fingerprint density at radius 2 is 1.81 bits per heavy atom. The van der Waals surface area contributed by atoms with Crippen molar-refractivity contribution in [3.63, 3.8) is 0 Å². The molecular formula is C22H24FN5O3. The van der Waals surface area contributed by atoms with Gasteiger partial charge in [0, 0.05) is 37.9 Å². The van der Waals surface area contributed by atoms with Crippen molar-refractivity contribution >= 4 is 23.7 Å². The van der Waals surface area contributed by atoms with Gasteiger partial charge < -0.3 is 15.1 Å². The number of carbonyl (C=O) groups excluding carboxylic acids is 3. The summed E-state index contributed by atoms with van der Waals surface area (Å²) in [5.41, 5.74) is 1.22. The van der Waals surface area contributed by atoms with Crippen molar-refractivity contribution in [2.45, 2.75) is 19.4 Å². The molecule has 3 heterocycles. The molecule has 2 aliphatic heterocycles. The van der Waals surface area contributed by atoms with E-state index < -0.39 is 24.2 Å². The molecule has 1 aromatic heterocycles. The van der Waals surface area contributed by atoms with Crippen LogP contribution in [0.5, 0.6) is 0 Å². The zero-order chi connectivity index (χ0) is 22.2. The average Bonchev–Trinajstić information content (AvgIpc) is 3.07. The molecule has 4 rings (SSSR count). The van der Waals surface area contributed by atoms with E-state index in [4.69, 9.17) is 0 Å². The van der Waals surface area contributed by atoms with Gasteiger partial charge in [-0.1, -0.05) is 18.2 Å². The predicted molar refractivity (Wildman–Crippen MR) is 113 cm³/mol. The first-order chi connectivity index (χ1) is 14.8. The second-order valence-electron chi connectivity index (χ2n) is 7.96. The van der Waals surface area contributed by atoms with Gasteiger partial charge in [0.25, 0.3) is 11.8 Å². The normalized spacial score (nSPS) is 21.1. The van der Waals surface area contributed by atoms with E-state index in [2.05, 4.69) is 26.6 Å². The number of pyridine rings is 1. The zero-order valence-corrected chi connectivity index (χ0v) is 17.4. The molecule has 0 bridgehead atoms. The Balaban J connectivity index is 1.44. The fraction of sp³-hybridized carbons (Fsp3) is 0.364. The van der Waals surface area contributed by atoms with Crippen LogP contribution in [0.3, 0.4) is 0 Å². The summed E-state index contributed by atoms with van der Waals surface area (Å²) in [7, 11) is 0. The summed E-state index contributed by atoms with van der Waals surface area (Å²) in [6.45, 7) is 5.44. The highest BCUT2D eigenvalue weighted by Crippen LogP contribution is 2.26. The van der Waals surface area contributed by atoms with E-state index in [-0.39, 0.29) is 5.91 Å². The number of halogens is 1. The largest absolute Gasteiger partial charge is 0.353 e. The minimum Gasteiger partial charge on any atom is -0.353 e. The van der Waals surface area contributed by atoms with Crippen LogP contribution < -0.4 is 15.5 Å². The molecule has 162 valence electrons.